The summed E-state index contributed by atoms with van der Waals surface area (Å²) in [6.07, 6.45) is 0.116. The molecule has 0 radical (unpaired) electrons. The second-order valence-corrected chi connectivity index (χ2v) is 3.46. The summed E-state index contributed by atoms with van der Waals surface area (Å²) < 4.78 is 4.38. The number of ketones is 1. The third-order valence-electron chi connectivity index (χ3n) is 2.39. The molecule has 0 spiro atoms. The number of rotatable bonds is 3. The number of aryl methyl sites for hydroxylation is 2. The highest BCUT2D eigenvalue weighted by atomic mass is 16.5. The number of carbonyl (C=O) groups is 2. The molecule has 3 heteroatoms. The summed E-state index contributed by atoms with van der Waals surface area (Å²) in [6, 6.07) is 5.77. The van der Waals surface area contributed by atoms with Gasteiger partial charge in [0.15, 0.2) is 0 Å². The highest BCUT2D eigenvalue weighted by molar-refractivity contribution is 6.34. The van der Waals surface area contributed by atoms with Crippen LogP contribution in [0.5, 0.6) is 0 Å². The van der Waals surface area contributed by atoms with E-state index in [4.69, 9.17) is 0 Å². The summed E-state index contributed by atoms with van der Waals surface area (Å²) in [7, 11) is 1.21. The average molecular weight is 206 g/mol. The van der Waals surface area contributed by atoms with Crippen LogP contribution in [0, 0.1) is 13.8 Å². The minimum absolute atomic E-state index is 0.116. The highest BCUT2D eigenvalue weighted by Crippen LogP contribution is 2.14. The summed E-state index contributed by atoms with van der Waals surface area (Å²) in [4.78, 5) is 22.3. The van der Waals surface area contributed by atoms with Crippen molar-refractivity contribution < 1.29 is 14.3 Å². The number of hydrogen-bond donors (Lipinski definition) is 0. The lowest BCUT2D eigenvalue weighted by molar-refractivity contribution is -0.151. The Balaban J connectivity index is 2.90. The first-order chi connectivity index (χ1) is 7.06. The number of carbonyl (C=O) groups excluding carboxylic acids is 2. The van der Waals surface area contributed by atoms with E-state index < -0.39 is 11.8 Å². The molecule has 0 fully saturated rings. The van der Waals surface area contributed by atoms with Gasteiger partial charge in [0.2, 0.25) is 5.78 Å². The Morgan fingerprint density at radius 1 is 1.20 bits per heavy atom. The first-order valence-electron chi connectivity index (χ1n) is 4.72. The van der Waals surface area contributed by atoms with Crippen LogP contribution in [-0.4, -0.2) is 18.9 Å². The molecule has 80 valence electrons. The molecule has 0 bridgehead atoms. The van der Waals surface area contributed by atoms with Crippen molar-refractivity contribution in [1.82, 2.24) is 0 Å². The van der Waals surface area contributed by atoms with Gasteiger partial charge in [-0.2, -0.15) is 0 Å². The number of benzene rings is 1. The molecule has 0 heterocycles. The van der Waals surface area contributed by atoms with Gasteiger partial charge in [-0.25, -0.2) is 4.79 Å². The van der Waals surface area contributed by atoms with Crippen LogP contribution < -0.4 is 0 Å². The summed E-state index contributed by atoms with van der Waals surface area (Å²) in [5.74, 6) is -1.28. The Hall–Kier alpha value is -1.64. The molecule has 0 saturated carbocycles. The maximum atomic E-state index is 11.4. The van der Waals surface area contributed by atoms with Crippen LogP contribution >= 0.6 is 0 Å². The van der Waals surface area contributed by atoms with E-state index in [-0.39, 0.29) is 6.42 Å². The largest absolute Gasteiger partial charge is 0.463 e. The van der Waals surface area contributed by atoms with Crippen LogP contribution in [-0.2, 0) is 20.7 Å². The zero-order valence-electron chi connectivity index (χ0n) is 9.16. The Labute approximate surface area is 89.1 Å². The van der Waals surface area contributed by atoms with Gasteiger partial charge in [-0.15, -0.1) is 0 Å². The quantitative estimate of drug-likeness (QED) is 0.557. The molecule has 0 N–H and O–H groups in total. The molecule has 3 nitrogen and oxygen atoms in total. The standard InChI is InChI=1S/C12H14O3/c1-8-5-4-6-9(2)10(8)7-11(13)12(14)15-3/h4-6H,7H2,1-3H3. The number of Topliss-reactive ketones (excluding diaryl/α,β-unsaturated/α-hetero) is 1. The van der Waals surface area contributed by atoms with E-state index in [0.29, 0.717) is 0 Å². The van der Waals surface area contributed by atoms with Crippen LogP contribution in [0.15, 0.2) is 18.2 Å². The summed E-state index contributed by atoms with van der Waals surface area (Å²) in [5.41, 5.74) is 2.95. The van der Waals surface area contributed by atoms with Crippen molar-refractivity contribution in [3.8, 4) is 0 Å². The van der Waals surface area contributed by atoms with E-state index in [1.165, 1.54) is 7.11 Å². The first-order valence-corrected chi connectivity index (χ1v) is 4.72. The first kappa shape index (κ1) is 11.4. The maximum absolute atomic E-state index is 11.4. The smallest absolute Gasteiger partial charge is 0.374 e. The Morgan fingerprint density at radius 3 is 2.20 bits per heavy atom. The summed E-state index contributed by atoms with van der Waals surface area (Å²) in [6.45, 7) is 3.85. The van der Waals surface area contributed by atoms with E-state index >= 15 is 0 Å². The van der Waals surface area contributed by atoms with Gasteiger partial charge in [0.05, 0.1) is 7.11 Å². The van der Waals surface area contributed by atoms with Gasteiger partial charge >= 0.3 is 5.97 Å². The van der Waals surface area contributed by atoms with E-state index in [0.717, 1.165) is 16.7 Å². The normalized spacial score (nSPS) is 9.80. The molecular weight excluding hydrogens is 192 g/mol. The van der Waals surface area contributed by atoms with Gasteiger partial charge in [0, 0.05) is 6.42 Å². The van der Waals surface area contributed by atoms with Gasteiger partial charge in [-0.1, -0.05) is 18.2 Å². The second-order valence-electron chi connectivity index (χ2n) is 3.46. The fraction of sp³-hybridized carbons (Fsp3) is 0.333. The van der Waals surface area contributed by atoms with Crippen molar-refractivity contribution in [2.75, 3.05) is 7.11 Å². The van der Waals surface area contributed by atoms with Gasteiger partial charge in [0.25, 0.3) is 0 Å². The molecule has 0 aliphatic carbocycles. The van der Waals surface area contributed by atoms with E-state index in [1.807, 2.05) is 32.0 Å². The van der Waals surface area contributed by atoms with Crippen molar-refractivity contribution >= 4 is 11.8 Å². The van der Waals surface area contributed by atoms with Crippen molar-refractivity contribution in [2.45, 2.75) is 20.3 Å². The molecule has 1 aromatic rings. The van der Waals surface area contributed by atoms with Crippen LogP contribution in [0.3, 0.4) is 0 Å². The number of ether oxygens (including phenoxy) is 1. The van der Waals surface area contributed by atoms with Crippen molar-refractivity contribution in [1.29, 1.82) is 0 Å². The molecule has 0 saturated heterocycles. The minimum atomic E-state index is -0.780. The third-order valence-corrected chi connectivity index (χ3v) is 2.39. The lowest BCUT2D eigenvalue weighted by Crippen LogP contribution is -2.18. The van der Waals surface area contributed by atoms with E-state index in [2.05, 4.69) is 4.74 Å². The second kappa shape index (κ2) is 4.73. The Bertz CT molecular complexity index is 374. The van der Waals surface area contributed by atoms with Gasteiger partial charge in [0.1, 0.15) is 0 Å². The fourth-order valence-electron chi connectivity index (χ4n) is 1.47. The molecule has 0 atom stereocenters. The molecular formula is C12H14O3. The predicted molar refractivity (Wildman–Crippen MR) is 56.6 cm³/mol. The van der Waals surface area contributed by atoms with Gasteiger partial charge in [-0.05, 0) is 30.5 Å². The molecule has 0 aliphatic rings. The molecule has 0 amide bonds. The third kappa shape index (κ3) is 2.65. The topological polar surface area (TPSA) is 43.4 Å². The predicted octanol–water partition coefficient (Wildman–Crippen LogP) is 1.59. The molecule has 1 aromatic carbocycles. The molecule has 15 heavy (non-hydrogen) atoms. The van der Waals surface area contributed by atoms with Crippen LogP contribution in [0.2, 0.25) is 0 Å². The maximum Gasteiger partial charge on any atom is 0.374 e. The van der Waals surface area contributed by atoms with Crippen LogP contribution in [0.4, 0.5) is 0 Å². The lowest BCUT2D eigenvalue weighted by atomic mass is 9.98. The zero-order valence-corrected chi connectivity index (χ0v) is 9.16. The van der Waals surface area contributed by atoms with E-state index in [1.54, 1.807) is 0 Å². The van der Waals surface area contributed by atoms with Gasteiger partial charge < -0.3 is 4.74 Å². The molecule has 0 aromatic heterocycles. The minimum Gasteiger partial charge on any atom is -0.463 e. The number of methoxy groups -OCH3 is 1. The SMILES string of the molecule is COC(=O)C(=O)Cc1c(C)cccc1C. The number of hydrogen-bond acceptors (Lipinski definition) is 3. The Morgan fingerprint density at radius 2 is 1.73 bits per heavy atom. The average Bonchev–Trinajstić information content (AvgIpc) is 2.22. The Kier molecular flexibility index (Phi) is 3.61. The van der Waals surface area contributed by atoms with Crippen molar-refractivity contribution in [3.05, 3.63) is 34.9 Å². The fourth-order valence-corrected chi connectivity index (χ4v) is 1.47. The highest BCUT2D eigenvalue weighted by Gasteiger charge is 2.16. The summed E-state index contributed by atoms with van der Waals surface area (Å²) in [5, 5.41) is 0. The van der Waals surface area contributed by atoms with Crippen molar-refractivity contribution in [3.63, 3.8) is 0 Å². The van der Waals surface area contributed by atoms with Crippen molar-refractivity contribution in [2.24, 2.45) is 0 Å². The number of esters is 1. The van der Waals surface area contributed by atoms with Crippen LogP contribution in [0.25, 0.3) is 0 Å². The monoisotopic (exact) mass is 206 g/mol. The van der Waals surface area contributed by atoms with Crippen LogP contribution in [0.1, 0.15) is 16.7 Å². The van der Waals surface area contributed by atoms with Gasteiger partial charge in [-0.3, -0.25) is 4.79 Å². The molecule has 0 aliphatic heterocycles. The summed E-state index contributed by atoms with van der Waals surface area (Å²) >= 11 is 0. The zero-order chi connectivity index (χ0) is 11.4. The molecule has 0 unspecified atom stereocenters. The van der Waals surface area contributed by atoms with E-state index in [9.17, 15) is 9.59 Å². The lowest BCUT2D eigenvalue weighted by Gasteiger charge is -2.07. The molecule has 1 rings (SSSR count).